The summed E-state index contributed by atoms with van der Waals surface area (Å²) >= 11 is 0. The second-order valence-electron chi connectivity index (χ2n) is 9.98. The van der Waals surface area contributed by atoms with Crippen molar-refractivity contribution in [2.45, 2.75) is 97.2 Å². The average molecular weight is 593 g/mol. The molecule has 0 aliphatic carbocycles. The number of aryl methyl sites for hydroxylation is 1. The molecule has 0 amide bonds. The Labute approximate surface area is 243 Å². The number of carboxylic acid groups (broad SMARTS) is 1. The number of para-hydroxylation sites is 1. The molecule has 0 fully saturated rings. The minimum absolute atomic E-state index is 0.0509. The Morgan fingerprint density at radius 1 is 0.780 bits per heavy atom. The van der Waals surface area contributed by atoms with E-state index in [0.29, 0.717) is 24.2 Å². The number of benzene rings is 2. The lowest BCUT2D eigenvalue weighted by molar-refractivity contribution is -0.145. The minimum Gasteiger partial charge on any atom is -0.493 e. The number of phosphoric acid groups is 1. The van der Waals surface area contributed by atoms with Gasteiger partial charge in [-0.1, -0.05) is 101 Å². The average Bonchev–Trinajstić information content (AvgIpc) is 2.95. The van der Waals surface area contributed by atoms with E-state index in [-0.39, 0.29) is 25.6 Å². The first-order valence-corrected chi connectivity index (χ1v) is 16.1. The molecule has 2 aromatic rings. The van der Waals surface area contributed by atoms with Crippen LogP contribution in [0.3, 0.4) is 0 Å². The lowest BCUT2D eigenvalue weighted by atomic mass is 10.1. The van der Waals surface area contributed by atoms with Crippen molar-refractivity contribution in [3.63, 3.8) is 0 Å². The molecule has 2 aromatic carbocycles. The van der Waals surface area contributed by atoms with Gasteiger partial charge in [-0.05, 0) is 35.6 Å². The van der Waals surface area contributed by atoms with Crippen molar-refractivity contribution in [3.8, 4) is 5.75 Å². The van der Waals surface area contributed by atoms with E-state index in [1.165, 1.54) is 44.9 Å². The van der Waals surface area contributed by atoms with Gasteiger partial charge >= 0.3 is 19.8 Å². The summed E-state index contributed by atoms with van der Waals surface area (Å²) in [6.07, 6.45) is 11.6. The van der Waals surface area contributed by atoms with Crippen LogP contribution >= 0.6 is 7.82 Å². The Morgan fingerprint density at radius 2 is 1.44 bits per heavy atom. The molecule has 0 aliphatic heterocycles. The number of carboxylic acids is 1. The third-order valence-corrected chi connectivity index (χ3v) is 7.40. The lowest BCUT2D eigenvalue weighted by Crippen LogP contribution is -2.07. The Hall–Kier alpha value is -2.71. The molecule has 0 saturated heterocycles. The van der Waals surface area contributed by atoms with Gasteiger partial charge < -0.3 is 19.5 Å². The fourth-order valence-electron chi connectivity index (χ4n) is 4.17. The van der Waals surface area contributed by atoms with Gasteiger partial charge in [-0.15, -0.1) is 0 Å². The van der Waals surface area contributed by atoms with Crippen molar-refractivity contribution in [3.05, 3.63) is 65.2 Å². The number of ether oxygens (including phenoxy) is 2. The zero-order valence-electron chi connectivity index (χ0n) is 24.1. The van der Waals surface area contributed by atoms with Crippen LogP contribution in [-0.4, -0.2) is 35.2 Å². The van der Waals surface area contributed by atoms with Crippen LogP contribution in [0.1, 0.15) is 94.2 Å². The molecule has 0 radical (unpaired) electrons. The highest BCUT2D eigenvalue weighted by molar-refractivity contribution is 7.47. The van der Waals surface area contributed by atoms with Crippen molar-refractivity contribution in [2.24, 2.45) is 0 Å². The smallest absolute Gasteiger partial charge is 0.472 e. The third kappa shape index (κ3) is 16.4. The second-order valence-corrected chi connectivity index (χ2v) is 11.4. The first-order chi connectivity index (χ1) is 19.8. The molecule has 228 valence electrons. The predicted octanol–water partition coefficient (Wildman–Crippen LogP) is 7.38. The van der Waals surface area contributed by atoms with Gasteiger partial charge in [0.15, 0.2) is 0 Å². The minimum atomic E-state index is -4.38. The zero-order valence-corrected chi connectivity index (χ0v) is 25.0. The summed E-state index contributed by atoms with van der Waals surface area (Å²) in [7, 11) is -4.38. The van der Waals surface area contributed by atoms with Gasteiger partial charge in [0.2, 0.25) is 0 Å². The van der Waals surface area contributed by atoms with E-state index in [0.717, 1.165) is 24.2 Å². The molecule has 0 aliphatic rings. The molecule has 2 N–H and O–H groups in total. The summed E-state index contributed by atoms with van der Waals surface area (Å²) < 4.78 is 32.9. The van der Waals surface area contributed by atoms with Crippen molar-refractivity contribution in [1.82, 2.24) is 0 Å². The summed E-state index contributed by atoms with van der Waals surface area (Å²) in [6.45, 7) is 2.29. The maximum Gasteiger partial charge on any atom is 0.472 e. The molecule has 41 heavy (non-hydrogen) atoms. The Balaban J connectivity index is 1.68. The van der Waals surface area contributed by atoms with Crippen molar-refractivity contribution in [1.29, 1.82) is 0 Å². The molecule has 2 rings (SSSR count). The zero-order chi connectivity index (χ0) is 29.8. The molecule has 0 saturated carbocycles. The van der Waals surface area contributed by atoms with E-state index in [9.17, 15) is 19.0 Å². The normalized spacial score (nSPS) is 12.5. The van der Waals surface area contributed by atoms with E-state index >= 15 is 0 Å². The fraction of sp³-hybridized carbons (Fsp3) is 0.548. The fourth-order valence-corrected chi connectivity index (χ4v) is 4.88. The highest BCUT2D eigenvalue weighted by atomic mass is 31.2. The number of carbonyl (C=O) groups excluding carboxylic acids is 1. The van der Waals surface area contributed by atoms with Gasteiger partial charge in [0.25, 0.3) is 0 Å². The largest absolute Gasteiger partial charge is 0.493 e. The lowest BCUT2D eigenvalue weighted by Gasteiger charge is -2.12. The van der Waals surface area contributed by atoms with Gasteiger partial charge in [0.1, 0.15) is 12.4 Å². The highest BCUT2D eigenvalue weighted by Crippen LogP contribution is 2.44. The molecule has 0 bridgehead atoms. The van der Waals surface area contributed by atoms with E-state index in [2.05, 4.69) is 11.4 Å². The van der Waals surface area contributed by atoms with Gasteiger partial charge in [-0.2, -0.15) is 0 Å². The Morgan fingerprint density at radius 3 is 2.15 bits per heavy atom. The van der Waals surface area contributed by atoms with Crippen LogP contribution in [0.5, 0.6) is 5.75 Å². The number of carbonyl (C=O) groups is 2. The van der Waals surface area contributed by atoms with Crippen molar-refractivity contribution in [2.75, 3.05) is 13.2 Å². The number of esters is 1. The molecular weight excluding hydrogens is 547 g/mol. The molecule has 0 spiro atoms. The van der Waals surface area contributed by atoms with Gasteiger partial charge in [-0.25, -0.2) is 4.57 Å². The molecule has 0 heterocycles. The molecule has 0 aromatic heterocycles. The maximum absolute atomic E-state index is 12.4. The Kier molecular flexibility index (Phi) is 17.0. The van der Waals surface area contributed by atoms with Crippen molar-refractivity contribution >= 4 is 19.8 Å². The number of hydrogen-bond donors (Lipinski definition) is 2. The maximum atomic E-state index is 12.4. The quantitative estimate of drug-likeness (QED) is 0.0771. The SMILES string of the molecule is CCCCCCCCCCCOc1ccccc1CCC(=O)OCc1cccc(COP(=O)(O)OCCC(=O)O)c1. The number of unbranched alkanes of at least 4 members (excludes halogenated alkanes) is 8. The van der Waals surface area contributed by atoms with E-state index in [4.69, 9.17) is 19.1 Å². The molecule has 9 nitrogen and oxygen atoms in total. The van der Waals surface area contributed by atoms with Crippen LogP contribution in [-0.2, 0) is 47.6 Å². The summed E-state index contributed by atoms with van der Waals surface area (Å²) in [5.74, 6) is -0.679. The van der Waals surface area contributed by atoms with Crippen LogP contribution in [0, 0.1) is 0 Å². The molecule has 1 atom stereocenters. The van der Waals surface area contributed by atoms with Crippen LogP contribution in [0.25, 0.3) is 0 Å². The molecule has 1 unspecified atom stereocenters. The van der Waals surface area contributed by atoms with Crippen LogP contribution < -0.4 is 4.74 Å². The number of aliphatic carboxylic acids is 1. The highest BCUT2D eigenvalue weighted by Gasteiger charge is 2.21. The topological polar surface area (TPSA) is 129 Å². The van der Waals surface area contributed by atoms with E-state index in [1.807, 2.05) is 24.3 Å². The molecular formula is C31H45O9P. The monoisotopic (exact) mass is 592 g/mol. The van der Waals surface area contributed by atoms with E-state index < -0.39 is 26.8 Å². The number of rotatable bonds is 23. The van der Waals surface area contributed by atoms with E-state index in [1.54, 1.807) is 24.3 Å². The first kappa shape index (κ1) is 34.5. The number of hydrogen-bond acceptors (Lipinski definition) is 7. The standard InChI is InChI=1S/C31H45O9P/c1-2-3-4-5-6-7-8-9-12-21-37-29-17-11-10-16-28(29)18-19-31(34)38-24-26-14-13-15-27(23-26)25-40-41(35,36)39-22-20-30(32)33/h10-11,13-17,23H,2-9,12,18-22,24-25H2,1H3,(H,32,33)(H,35,36). The number of phosphoric ester groups is 1. The van der Waals surface area contributed by atoms with Gasteiger partial charge in [0, 0.05) is 6.42 Å². The summed E-state index contributed by atoms with van der Waals surface area (Å²) in [5, 5.41) is 8.59. The van der Waals surface area contributed by atoms with Crippen LogP contribution in [0.2, 0.25) is 0 Å². The third-order valence-electron chi connectivity index (χ3n) is 6.43. The van der Waals surface area contributed by atoms with Gasteiger partial charge in [0.05, 0.1) is 26.2 Å². The second kappa shape index (κ2) is 20.2. The van der Waals surface area contributed by atoms with Gasteiger partial charge in [-0.3, -0.25) is 18.6 Å². The first-order valence-electron chi connectivity index (χ1n) is 14.6. The van der Waals surface area contributed by atoms with Crippen LogP contribution in [0.15, 0.2) is 48.5 Å². The van der Waals surface area contributed by atoms with Crippen LogP contribution in [0.4, 0.5) is 0 Å². The summed E-state index contributed by atoms with van der Waals surface area (Å²) in [4.78, 5) is 32.6. The Bertz CT molecular complexity index is 1090. The van der Waals surface area contributed by atoms with Crippen molar-refractivity contribution < 1.29 is 42.7 Å². The summed E-state index contributed by atoms with van der Waals surface area (Å²) in [5.41, 5.74) is 2.25. The predicted molar refractivity (Wildman–Crippen MR) is 157 cm³/mol. The molecule has 10 heteroatoms. The summed E-state index contributed by atoms with van der Waals surface area (Å²) in [6, 6.07) is 14.6.